The highest BCUT2D eigenvalue weighted by Crippen LogP contribution is 2.37. The van der Waals surface area contributed by atoms with Crippen molar-refractivity contribution in [1.29, 1.82) is 5.26 Å². The molecular weight excluding hydrogens is 504 g/mol. The second kappa shape index (κ2) is 10.7. The Morgan fingerprint density at radius 1 is 0.949 bits per heavy atom. The lowest BCUT2D eigenvalue weighted by Gasteiger charge is -2.41. The summed E-state index contributed by atoms with van der Waals surface area (Å²) < 4.78 is 40.1. The van der Waals surface area contributed by atoms with E-state index in [2.05, 4.69) is 16.0 Å². The lowest BCUT2D eigenvalue weighted by atomic mass is 9.95. The Balaban J connectivity index is 1.54. The average molecular weight is 532 g/mol. The first-order valence-electron chi connectivity index (χ1n) is 12.4. The van der Waals surface area contributed by atoms with E-state index < -0.39 is 11.4 Å². The summed E-state index contributed by atoms with van der Waals surface area (Å²) in [5.74, 6) is 0.0118. The van der Waals surface area contributed by atoms with Gasteiger partial charge in [0, 0.05) is 50.9 Å². The number of aryl methyl sites for hydroxylation is 1. The summed E-state index contributed by atoms with van der Waals surface area (Å²) in [4.78, 5) is 21.9. The Hall–Kier alpha value is -4.49. The van der Waals surface area contributed by atoms with Crippen LogP contribution in [0.3, 0.4) is 0 Å². The van der Waals surface area contributed by atoms with Gasteiger partial charge >= 0.3 is 0 Å². The molecule has 200 valence electrons. The van der Waals surface area contributed by atoms with Gasteiger partial charge in [-0.05, 0) is 29.8 Å². The van der Waals surface area contributed by atoms with Crippen LogP contribution in [0, 0.1) is 23.0 Å². The van der Waals surface area contributed by atoms with Crippen LogP contribution in [0.25, 0.3) is 11.0 Å². The van der Waals surface area contributed by atoms with E-state index in [-0.39, 0.29) is 17.4 Å². The number of piperazine rings is 1. The van der Waals surface area contributed by atoms with Crippen LogP contribution in [0.15, 0.2) is 59.4 Å². The zero-order valence-corrected chi connectivity index (χ0v) is 21.8. The van der Waals surface area contributed by atoms with E-state index in [1.165, 1.54) is 43.1 Å². The van der Waals surface area contributed by atoms with Crippen molar-refractivity contribution in [3.8, 4) is 17.7 Å². The number of aromatic nitrogens is 2. The number of anilines is 1. The van der Waals surface area contributed by atoms with Crippen LogP contribution in [-0.4, -0.2) is 54.8 Å². The van der Waals surface area contributed by atoms with Crippen LogP contribution < -0.4 is 19.9 Å². The van der Waals surface area contributed by atoms with Gasteiger partial charge in [0.1, 0.15) is 34.5 Å². The lowest BCUT2D eigenvalue weighted by Crippen LogP contribution is -2.48. The summed E-state index contributed by atoms with van der Waals surface area (Å²) in [6.45, 7) is 2.04. The third-order valence-corrected chi connectivity index (χ3v) is 7.18. The number of hydrogen-bond acceptors (Lipinski definition) is 7. The third kappa shape index (κ3) is 4.77. The van der Waals surface area contributed by atoms with Gasteiger partial charge in [-0.3, -0.25) is 9.69 Å². The smallest absolute Gasteiger partial charge is 0.270 e. The molecule has 5 rings (SSSR count). The molecule has 0 N–H and O–H groups in total. The summed E-state index contributed by atoms with van der Waals surface area (Å²) in [5.41, 5.74) is 2.80. The monoisotopic (exact) mass is 531 g/mol. The molecule has 1 aliphatic rings. The first-order valence-corrected chi connectivity index (χ1v) is 12.4. The number of benzene rings is 2. The van der Waals surface area contributed by atoms with E-state index in [1.807, 2.05) is 4.90 Å². The van der Waals surface area contributed by atoms with Crippen molar-refractivity contribution in [2.45, 2.75) is 6.04 Å². The second-order valence-electron chi connectivity index (χ2n) is 9.28. The zero-order chi connectivity index (χ0) is 27.7. The van der Waals surface area contributed by atoms with Gasteiger partial charge in [-0.2, -0.15) is 5.26 Å². The second-order valence-corrected chi connectivity index (χ2v) is 9.28. The fraction of sp³-hybridized carbons (Fsp3) is 0.276. The Morgan fingerprint density at radius 2 is 1.64 bits per heavy atom. The molecule has 10 heteroatoms. The predicted molar refractivity (Wildman–Crippen MR) is 143 cm³/mol. The van der Waals surface area contributed by atoms with Crippen molar-refractivity contribution in [1.82, 2.24) is 14.5 Å². The minimum atomic E-state index is -0.414. The van der Waals surface area contributed by atoms with E-state index in [0.717, 1.165) is 11.1 Å². The minimum absolute atomic E-state index is 0.0227. The van der Waals surface area contributed by atoms with Gasteiger partial charge in [-0.15, -0.1) is 0 Å². The van der Waals surface area contributed by atoms with Gasteiger partial charge in [0.2, 0.25) is 5.88 Å². The van der Waals surface area contributed by atoms with Gasteiger partial charge < -0.3 is 18.9 Å². The average Bonchev–Trinajstić information content (AvgIpc) is 2.96. The van der Waals surface area contributed by atoms with Crippen LogP contribution in [0.2, 0.25) is 0 Å². The quantitative estimate of drug-likeness (QED) is 0.372. The maximum atomic E-state index is 14.0. The molecule has 0 amide bonds. The van der Waals surface area contributed by atoms with Crippen molar-refractivity contribution in [2.24, 2.45) is 7.05 Å². The van der Waals surface area contributed by atoms with Gasteiger partial charge in [-0.1, -0.05) is 18.2 Å². The maximum absolute atomic E-state index is 14.0. The van der Waals surface area contributed by atoms with Gasteiger partial charge in [0.15, 0.2) is 0 Å². The summed E-state index contributed by atoms with van der Waals surface area (Å²) in [6.07, 6.45) is 0. The summed E-state index contributed by atoms with van der Waals surface area (Å²) >= 11 is 0. The molecule has 2 aromatic heterocycles. The number of halogens is 2. The zero-order valence-electron chi connectivity index (χ0n) is 21.8. The van der Waals surface area contributed by atoms with Crippen LogP contribution in [0.1, 0.15) is 22.7 Å². The molecule has 0 radical (unpaired) electrons. The first-order chi connectivity index (χ1) is 18.9. The molecule has 2 aromatic carbocycles. The third-order valence-electron chi connectivity index (χ3n) is 7.18. The Morgan fingerprint density at radius 3 is 2.28 bits per heavy atom. The molecule has 8 nitrogen and oxygen atoms in total. The molecule has 0 aliphatic carbocycles. The largest absolute Gasteiger partial charge is 0.496 e. The van der Waals surface area contributed by atoms with Gasteiger partial charge in [0.25, 0.3) is 5.56 Å². The number of fused-ring (bicyclic) bond motifs is 1. The number of rotatable bonds is 6. The summed E-state index contributed by atoms with van der Waals surface area (Å²) in [5, 5.41) is 9.95. The van der Waals surface area contributed by atoms with Gasteiger partial charge in [-0.25, -0.2) is 13.8 Å². The summed E-state index contributed by atoms with van der Waals surface area (Å²) in [7, 11) is 4.62. The standard InChI is InChI=1S/C29H27F2N5O3/c1-34-23-10-11-25(39-3)33-26(23)28(22(17-32)29(34)37)36-14-12-35(13-15-36)27(18-4-6-19(30)7-5-18)21-9-8-20(31)16-24(21)38-2/h4-11,16,27H,12-15H2,1-3H3. The van der Waals surface area contributed by atoms with Crippen LogP contribution >= 0.6 is 0 Å². The van der Waals surface area contributed by atoms with Crippen molar-refractivity contribution >= 4 is 16.7 Å². The van der Waals surface area contributed by atoms with Crippen molar-refractivity contribution in [2.75, 3.05) is 45.3 Å². The number of ether oxygens (including phenoxy) is 2. The Bertz CT molecular complexity index is 1620. The molecule has 1 fully saturated rings. The van der Waals surface area contributed by atoms with E-state index in [4.69, 9.17) is 9.47 Å². The normalized spacial score (nSPS) is 14.7. The molecule has 1 unspecified atom stereocenters. The molecule has 1 atom stereocenters. The highest BCUT2D eigenvalue weighted by molar-refractivity contribution is 5.92. The molecule has 0 spiro atoms. The number of pyridine rings is 2. The van der Waals surface area contributed by atoms with Crippen LogP contribution in [0.5, 0.6) is 11.6 Å². The molecule has 3 heterocycles. The lowest BCUT2D eigenvalue weighted by molar-refractivity contribution is 0.208. The van der Waals surface area contributed by atoms with Crippen molar-refractivity contribution in [3.05, 3.63) is 93.3 Å². The molecule has 39 heavy (non-hydrogen) atoms. The maximum Gasteiger partial charge on any atom is 0.270 e. The number of nitrogens with zero attached hydrogens (tertiary/aromatic N) is 5. The fourth-order valence-electron chi connectivity index (χ4n) is 5.24. The van der Waals surface area contributed by atoms with Gasteiger partial charge in [0.05, 0.1) is 31.5 Å². The molecule has 0 bridgehead atoms. The number of hydrogen-bond donors (Lipinski definition) is 0. The highest BCUT2D eigenvalue weighted by Gasteiger charge is 2.31. The summed E-state index contributed by atoms with van der Waals surface area (Å²) in [6, 6.07) is 15.8. The van der Waals surface area contributed by atoms with E-state index in [0.29, 0.717) is 54.5 Å². The van der Waals surface area contributed by atoms with Crippen LogP contribution in [-0.2, 0) is 7.05 Å². The molecule has 1 saturated heterocycles. The molecular formula is C29H27F2N5O3. The topological polar surface area (TPSA) is 83.6 Å². The van der Waals surface area contributed by atoms with Crippen molar-refractivity contribution in [3.63, 3.8) is 0 Å². The Kier molecular flexibility index (Phi) is 7.17. The van der Waals surface area contributed by atoms with E-state index in [1.54, 1.807) is 37.4 Å². The van der Waals surface area contributed by atoms with Crippen molar-refractivity contribution < 1.29 is 18.3 Å². The van der Waals surface area contributed by atoms with E-state index in [9.17, 15) is 18.8 Å². The fourth-order valence-corrected chi connectivity index (χ4v) is 5.24. The predicted octanol–water partition coefficient (Wildman–Crippen LogP) is 4.01. The molecule has 1 aliphatic heterocycles. The van der Waals surface area contributed by atoms with Crippen LogP contribution in [0.4, 0.5) is 14.5 Å². The molecule has 4 aromatic rings. The minimum Gasteiger partial charge on any atom is -0.496 e. The number of nitriles is 1. The first kappa shape index (κ1) is 26.1. The highest BCUT2D eigenvalue weighted by atomic mass is 19.1. The Labute approximate surface area is 224 Å². The molecule has 0 saturated carbocycles. The number of methoxy groups -OCH3 is 2. The SMILES string of the molecule is COc1ccc2c(n1)c(N1CCN(C(c3ccc(F)cc3)c3ccc(F)cc3OC)CC1)c(C#N)c(=O)n2C. The van der Waals surface area contributed by atoms with E-state index >= 15 is 0 Å².